The van der Waals surface area contributed by atoms with Crippen LogP contribution in [-0.4, -0.2) is 24.6 Å². The zero-order valence-corrected chi connectivity index (χ0v) is 28.1. The third kappa shape index (κ3) is 10.5. The lowest BCUT2D eigenvalue weighted by Gasteiger charge is -2.16. The van der Waals surface area contributed by atoms with Gasteiger partial charge in [0, 0.05) is 0 Å². The Morgan fingerprint density at radius 1 is 0.630 bits per heavy atom. The molecule has 244 valence electrons. The van der Waals surface area contributed by atoms with E-state index in [-0.39, 0.29) is 18.0 Å². The first-order valence-electron chi connectivity index (χ1n) is 17.2. The number of carbonyl (C=O) groups excluding carboxylic acids is 2. The molecule has 0 radical (unpaired) electrons. The van der Waals surface area contributed by atoms with Gasteiger partial charge in [-0.15, -0.1) is 0 Å². The highest BCUT2D eigenvalue weighted by molar-refractivity contribution is 5.93. The Bertz CT molecular complexity index is 1520. The molecular formula is C41H50O5. The first-order valence-corrected chi connectivity index (χ1v) is 17.2. The summed E-state index contributed by atoms with van der Waals surface area (Å²) in [6, 6.07) is 26.9. The molecule has 0 saturated heterocycles. The lowest BCUT2D eigenvalue weighted by atomic mass is 9.97. The summed E-state index contributed by atoms with van der Waals surface area (Å²) < 4.78 is 17.2. The Kier molecular flexibility index (Phi) is 13.7. The smallest absolute Gasteiger partial charge is 0.343 e. The van der Waals surface area contributed by atoms with E-state index in [1.54, 1.807) is 18.2 Å². The minimum atomic E-state index is -0.413. The summed E-state index contributed by atoms with van der Waals surface area (Å²) in [4.78, 5) is 25.4. The average molecular weight is 623 g/mol. The summed E-state index contributed by atoms with van der Waals surface area (Å²) in [6.45, 7) is 8.76. The Morgan fingerprint density at radius 3 is 1.85 bits per heavy atom. The van der Waals surface area contributed by atoms with Crippen LogP contribution in [0.25, 0.3) is 21.9 Å². The van der Waals surface area contributed by atoms with Crippen molar-refractivity contribution in [3.05, 3.63) is 96.1 Å². The van der Waals surface area contributed by atoms with Gasteiger partial charge in [0.15, 0.2) is 0 Å². The van der Waals surface area contributed by atoms with Gasteiger partial charge in [0.05, 0.1) is 24.2 Å². The summed E-state index contributed by atoms with van der Waals surface area (Å²) in [5.74, 6) is 0.352. The summed E-state index contributed by atoms with van der Waals surface area (Å²) in [5.41, 5.74) is 3.45. The third-order valence-corrected chi connectivity index (χ3v) is 8.62. The highest BCUT2D eigenvalue weighted by Crippen LogP contribution is 2.28. The second-order valence-electron chi connectivity index (χ2n) is 12.3. The van der Waals surface area contributed by atoms with E-state index >= 15 is 0 Å². The van der Waals surface area contributed by atoms with Crippen LogP contribution in [0.3, 0.4) is 0 Å². The van der Waals surface area contributed by atoms with Crippen molar-refractivity contribution in [2.24, 2.45) is 0 Å². The molecule has 0 heterocycles. The molecule has 0 N–H and O–H groups in total. The SMILES string of the molecule is CCCCCCCCCCCOc1ccc(-c2ccc(C(=O)Oc3ccc4cc([C@@H](C)C(=O)O[C@@H](C)CC)ccc4c3)cc2)cc1. The van der Waals surface area contributed by atoms with Gasteiger partial charge in [-0.05, 0) is 90.6 Å². The van der Waals surface area contributed by atoms with Crippen LogP contribution in [0.1, 0.15) is 114 Å². The number of hydrogen-bond donors (Lipinski definition) is 0. The van der Waals surface area contributed by atoms with E-state index in [2.05, 4.69) is 19.1 Å². The summed E-state index contributed by atoms with van der Waals surface area (Å²) in [7, 11) is 0. The maximum Gasteiger partial charge on any atom is 0.343 e. The monoisotopic (exact) mass is 622 g/mol. The minimum absolute atomic E-state index is 0.102. The van der Waals surface area contributed by atoms with Gasteiger partial charge < -0.3 is 14.2 Å². The first-order chi connectivity index (χ1) is 22.4. The van der Waals surface area contributed by atoms with Crippen molar-refractivity contribution in [3.63, 3.8) is 0 Å². The summed E-state index contributed by atoms with van der Waals surface area (Å²) >= 11 is 0. The minimum Gasteiger partial charge on any atom is -0.494 e. The zero-order valence-electron chi connectivity index (χ0n) is 28.1. The van der Waals surface area contributed by atoms with Crippen LogP contribution in [-0.2, 0) is 9.53 Å². The quantitative estimate of drug-likeness (QED) is 0.0627. The van der Waals surface area contributed by atoms with Crippen LogP contribution < -0.4 is 9.47 Å². The van der Waals surface area contributed by atoms with E-state index in [1.165, 1.54) is 51.4 Å². The molecule has 5 nitrogen and oxygen atoms in total. The summed E-state index contributed by atoms with van der Waals surface area (Å²) in [5, 5.41) is 1.89. The molecule has 0 unspecified atom stereocenters. The van der Waals surface area contributed by atoms with E-state index in [4.69, 9.17) is 14.2 Å². The second kappa shape index (κ2) is 18.1. The highest BCUT2D eigenvalue weighted by Gasteiger charge is 2.19. The van der Waals surface area contributed by atoms with Crippen molar-refractivity contribution < 1.29 is 23.8 Å². The molecule has 0 spiro atoms. The molecule has 0 aliphatic heterocycles. The number of esters is 2. The van der Waals surface area contributed by atoms with E-state index in [1.807, 2.05) is 75.4 Å². The van der Waals surface area contributed by atoms with Gasteiger partial charge in [-0.2, -0.15) is 0 Å². The molecule has 0 aliphatic rings. The number of fused-ring (bicyclic) bond motifs is 1. The van der Waals surface area contributed by atoms with E-state index in [0.717, 1.165) is 52.7 Å². The fraction of sp³-hybridized carbons (Fsp3) is 0.415. The number of benzene rings is 4. The molecule has 0 bridgehead atoms. The lowest BCUT2D eigenvalue weighted by molar-refractivity contribution is -0.149. The summed E-state index contributed by atoms with van der Waals surface area (Å²) in [6.07, 6.45) is 12.4. The van der Waals surface area contributed by atoms with Crippen molar-refractivity contribution in [2.75, 3.05) is 6.61 Å². The lowest BCUT2D eigenvalue weighted by Crippen LogP contribution is -2.19. The van der Waals surface area contributed by atoms with Crippen molar-refractivity contribution in [1.82, 2.24) is 0 Å². The third-order valence-electron chi connectivity index (χ3n) is 8.62. The number of hydrogen-bond acceptors (Lipinski definition) is 5. The Labute approximate surface area is 275 Å². The van der Waals surface area contributed by atoms with Gasteiger partial charge >= 0.3 is 11.9 Å². The van der Waals surface area contributed by atoms with Gasteiger partial charge in [0.2, 0.25) is 0 Å². The standard InChI is InChI=1S/C41H50O5/c1-5-7-8-9-10-11-12-13-14-27-44-38-24-21-33(22-25-38)32-15-17-34(18-16-32)41(43)46-39-26-23-36-28-35(19-20-37(36)29-39)31(4)40(42)45-30(3)6-2/h15-26,28-31H,5-14,27H2,1-4H3/t30-,31+/m0/s1. The molecule has 0 aliphatic carbocycles. The fourth-order valence-electron chi connectivity index (χ4n) is 5.41. The Morgan fingerprint density at radius 2 is 1.20 bits per heavy atom. The molecule has 0 amide bonds. The van der Waals surface area contributed by atoms with Crippen molar-refractivity contribution >= 4 is 22.7 Å². The number of rotatable bonds is 18. The fourth-order valence-corrected chi connectivity index (χ4v) is 5.41. The van der Waals surface area contributed by atoms with Crippen molar-refractivity contribution in [3.8, 4) is 22.6 Å². The predicted octanol–water partition coefficient (Wildman–Crippen LogP) is 11.1. The molecular weight excluding hydrogens is 572 g/mol. The highest BCUT2D eigenvalue weighted by atomic mass is 16.5. The van der Waals surface area contributed by atoms with Gasteiger partial charge in [0.25, 0.3) is 0 Å². The molecule has 4 aromatic rings. The number of unbranched alkanes of at least 4 members (excludes halogenated alkanes) is 8. The van der Waals surface area contributed by atoms with E-state index < -0.39 is 5.97 Å². The van der Waals surface area contributed by atoms with Crippen LogP contribution in [0.15, 0.2) is 84.9 Å². The Balaban J connectivity index is 1.24. The zero-order chi connectivity index (χ0) is 32.7. The molecule has 0 fully saturated rings. The Hall–Kier alpha value is -4.12. The normalized spacial score (nSPS) is 12.4. The van der Waals surface area contributed by atoms with Crippen LogP contribution in [0, 0.1) is 0 Å². The number of carbonyl (C=O) groups is 2. The van der Waals surface area contributed by atoms with Crippen molar-refractivity contribution in [2.45, 2.75) is 104 Å². The van der Waals surface area contributed by atoms with Crippen LogP contribution >= 0.6 is 0 Å². The molecule has 5 heteroatoms. The van der Waals surface area contributed by atoms with E-state index in [0.29, 0.717) is 11.3 Å². The second-order valence-corrected chi connectivity index (χ2v) is 12.3. The molecule has 0 saturated carbocycles. The van der Waals surface area contributed by atoms with Crippen LogP contribution in [0.2, 0.25) is 0 Å². The molecule has 0 aromatic heterocycles. The molecule has 4 rings (SSSR count). The first kappa shape index (κ1) is 34.7. The maximum absolute atomic E-state index is 12.9. The van der Waals surface area contributed by atoms with Crippen LogP contribution in [0.5, 0.6) is 11.5 Å². The van der Waals surface area contributed by atoms with Gasteiger partial charge in [-0.25, -0.2) is 4.79 Å². The topological polar surface area (TPSA) is 61.8 Å². The number of ether oxygens (including phenoxy) is 3. The van der Waals surface area contributed by atoms with Crippen LogP contribution in [0.4, 0.5) is 0 Å². The van der Waals surface area contributed by atoms with Gasteiger partial charge in [-0.1, -0.05) is 114 Å². The van der Waals surface area contributed by atoms with Crippen molar-refractivity contribution in [1.29, 1.82) is 0 Å². The van der Waals surface area contributed by atoms with Gasteiger partial charge in [-0.3, -0.25) is 4.79 Å². The van der Waals surface area contributed by atoms with Gasteiger partial charge in [0.1, 0.15) is 11.5 Å². The molecule has 46 heavy (non-hydrogen) atoms. The average Bonchev–Trinajstić information content (AvgIpc) is 3.08. The molecule has 2 atom stereocenters. The molecule has 4 aromatic carbocycles. The van der Waals surface area contributed by atoms with E-state index in [9.17, 15) is 9.59 Å². The predicted molar refractivity (Wildman–Crippen MR) is 188 cm³/mol. The maximum atomic E-state index is 12.9. The largest absolute Gasteiger partial charge is 0.494 e.